The van der Waals surface area contributed by atoms with E-state index >= 15 is 0 Å². The second-order valence-electron chi connectivity index (χ2n) is 3.94. The van der Waals surface area contributed by atoms with Crippen LogP contribution in [-0.4, -0.2) is 22.8 Å². The second kappa shape index (κ2) is 7.42. The van der Waals surface area contributed by atoms with E-state index in [9.17, 15) is 18.1 Å². The van der Waals surface area contributed by atoms with Gasteiger partial charge < -0.3 is 9.66 Å². The predicted molar refractivity (Wildman–Crippen MR) is 60.4 cm³/mol. The summed E-state index contributed by atoms with van der Waals surface area (Å²) in [5.74, 6) is -0.365. The molecular weight excluding hydrogens is 302 g/mol. The Kier molecular flexibility index (Phi) is 7.47. The van der Waals surface area contributed by atoms with Crippen LogP contribution in [0.25, 0.3) is 5.69 Å². The number of aryl methyl sites for hydroxylation is 2. The Balaban J connectivity index is 0.00000180. The molecule has 1 aromatic heterocycles. The van der Waals surface area contributed by atoms with Crippen LogP contribution in [0.1, 0.15) is 11.3 Å². The van der Waals surface area contributed by atoms with E-state index in [1.165, 1.54) is 18.2 Å². The SMILES string of the molecule is Cc1cc([O-])n(-c2cc(S(=O)(=O)[O-])ccc2C)n1.[Na+].[Na+]. The summed E-state index contributed by atoms with van der Waals surface area (Å²) in [5, 5.41) is 15.6. The van der Waals surface area contributed by atoms with Crippen LogP contribution in [0.3, 0.4) is 0 Å². The van der Waals surface area contributed by atoms with Crippen LogP contribution in [0.15, 0.2) is 29.2 Å². The average Bonchev–Trinajstić information content (AvgIpc) is 2.56. The van der Waals surface area contributed by atoms with Crippen molar-refractivity contribution in [2.45, 2.75) is 18.7 Å². The summed E-state index contributed by atoms with van der Waals surface area (Å²) < 4.78 is 33.9. The van der Waals surface area contributed by atoms with Crippen LogP contribution in [0.2, 0.25) is 0 Å². The van der Waals surface area contributed by atoms with Crippen molar-refractivity contribution >= 4 is 10.1 Å². The number of nitrogens with zero attached hydrogens (tertiary/aromatic N) is 2. The quantitative estimate of drug-likeness (QED) is 0.407. The molecule has 0 radical (unpaired) electrons. The summed E-state index contributed by atoms with van der Waals surface area (Å²) in [6.07, 6.45) is 0. The summed E-state index contributed by atoms with van der Waals surface area (Å²) in [6, 6.07) is 5.17. The maximum absolute atomic E-state index is 11.6. The monoisotopic (exact) mass is 312 g/mol. The van der Waals surface area contributed by atoms with Gasteiger partial charge in [0.15, 0.2) is 0 Å². The van der Waals surface area contributed by atoms with Crippen LogP contribution >= 0.6 is 0 Å². The van der Waals surface area contributed by atoms with Crippen molar-refractivity contribution in [2.75, 3.05) is 0 Å². The molecule has 0 aliphatic heterocycles. The Bertz CT molecular complexity index is 713. The first-order valence-electron chi connectivity index (χ1n) is 5.09. The first-order valence-corrected chi connectivity index (χ1v) is 6.50. The van der Waals surface area contributed by atoms with Crippen LogP contribution in [0.4, 0.5) is 0 Å². The first kappa shape index (κ1) is 20.1. The fraction of sp³-hybridized carbons (Fsp3) is 0.182. The third-order valence-corrected chi connectivity index (χ3v) is 3.33. The average molecular weight is 312 g/mol. The fourth-order valence-electron chi connectivity index (χ4n) is 1.62. The van der Waals surface area contributed by atoms with Crippen molar-refractivity contribution in [2.24, 2.45) is 0 Å². The van der Waals surface area contributed by atoms with Crippen LogP contribution in [0.5, 0.6) is 5.88 Å². The van der Waals surface area contributed by atoms with Gasteiger partial charge in [0.1, 0.15) is 10.1 Å². The minimum atomic E-state index is -4.55. The van der Waals surface area contributed by atoms with E-state index in [-0.39, 0.29) is 69.9 Å². The third kappa shape index (κ3) is 4.32. The molecule has 0 bridgehead atoms. The molecular formula is C11H10N2Na2O4S. The number of rotatable bonds is 2. The van der Waals surface area contributed by atoms with Crippen molar-refractivity contribution in [3.63, 3.8) is 0 Å². The Morgan fingerprint density at radius 1 is 1.15 bits per heavy atom. The van der Waals surface area contributed by atoms with Gasteiger partial charge in [0.25, 0.3) is 0 Å². The molecule has 0 saturated heterocycles. The maximum atomic E-state index is 11.6. The van der Waals surface area contributed by atoms with E-state index in [4.69, 9.17) is 0 Å². The number of benzene rings is 1. The van der Waals surface area contributed by atoms with Gasteiger partial charge in [-0.15, -0.1) is 0 Å². The second-order valence-corrected chi connectivity index (χ2v) is 5.32. The molecule has 6 nitrogen and oxygen atoms in total. The zero-order valence-corrected chi connectivity index (χ0v) is 16.6. The summed E-state index contributed by atoms with van der Waals surface area (Å²) in [5.41, 5.74) is 1.47. The standard InChI is InChI=1S/C11H12N2O4S.2Na/c1-7-3-4-9(18(15,16)17)6-10(7)13-11(14)5-8(2)12-13;;/h3-6,14H,1-2H3,(H,15,16,17);;/q;2*+1/p-2. The maximum Gasteiger partial charge on any atom is 1.00 e. The minimum Gasteiger partial charge on any atom is -0.859 e. The first-order chi connectivity index (χ1) is 8.29. The smallest absolute Gasteiger partial charge is 0.859 e. The van der Waals surface area contributed by atoms with Gasteiger partial charge in [0, 0.05) is 0 Å². The summed E-state index contributed by atoms with van der Waals surface area (Å²) >= 11 is 0. The summed E-state index contributed by atoms with van der Waals surface area (Å²) in [6.45, 7) is 3.36. The molecule has 0 aliphatic carbocycles. The Hall–Kier alpha value is 0.140. The van der Waals surface area contributed by atoms with E-state index in [0.717, 1.165) is 10.7 Å². The Morgan fingerprint density at radius 2 is 1.75 bits per heavy atom. The predicted octanol–water partition coefficient (Wildman–Crippen LogP) is -5.53. The van der Waals surface area contributed by atoms with Gasteiger partial charge in [0.05, 0.1) is 16.3 Å². The molecule has 20 heavy (non-hydrogen) atoms. The summed E-state index contributed by atoms with van der Waals surface area (Å²) in [4.78, 5) is -0.379. The minimum absolute atomic E-state index is 0. The third-order valence-electron chi connectivity index (χ3n) is 2.50. The van der Waals surface area contributed by atoms with E-state index in [1.807, 2.05) is 0 Å². The molecule has 0 N–H and O–H groups in total. The van der Waals surface area contributed by atoms with Gasteiger partial charge in [0.2, 0.25) is 0 Å². The molecule has 0 amide bonds. The molecule has 1 aromatic carbocycles. The molecule has 2 aromatic rings. The van der Waals surface area contributed by atoms with E-state index in [0.29, 0.717) is 16.9 Å². The van der Waals surface area contributed by atoms with E-state index in [2.05, 4.69) is 5.10 Å². The van der Waals surface area contributed by atoms with Crippen LogP contribution in [0, 0.1) is 13.8 Å². The fourth-order valence-corrected chi connectivity index (χ4v) is 2.11. The molecule has 0 aliphatic rings. The van der Waals surface area contributed by atoms with Gasteiger partial charge in [-0.2, -0.15) is 5.10 Å². The molecule has 0 atom stereocenters. The molecule has 96 valence electrons. The van der Waals surface area contributed by atoms with E-state index in [1.54, 1.807) is 13.8 Å². The normalized spacial score (nSPS) is 10.6. The van der Waals surface area contributed by atoms with Gasteiger partial charge in [-0.1, -0.05) is 6.07 Å². The molecule has 2 rings (SSSR count). The Morgan fingerprint density at radius 3 is 2.20 bits per heavy atom. The van der Waals surface area contributed by atoms with Gasteiger partial charge in [-0.3, -0.25) is 0 Å². The van der Waals surface area contributed by atoms with Gasteiger partial charge in [-0.05, 0) is 43.5 Å². The molecule has 0 fully saturated rings. The van der Waals surface area contributed by atoms with Crippen molar-refractivity contribution in [3.8, 4) is 11.6 Å². The van der Waals surface area contributed by atoms with Gasteiger partial charge >= 0.3 is 59.1 Å². The topological polar surface area (TPSA) is 98.1 Å². The molecule has 0 saturated carbocycles. The van der Waals surface area contributed by atoms with Crippen molar-refractivity contribution < 1.29 is 77.2 Å². The molecule has 0 unspecified atom stereocenters. The largest absolute Gasteiger partial charge is 1.00 e. The molecule has 9 heteroatoms. The zero-order valence-electron chi connectivity index (χ0n) is 11.7. The number of hydrogen-bond donors (Lipinski definition) is 0. The van der Waals surface area contributed by atoms with Crippen molar-refractivity contribution in [1.82, 2.24) is 9.78 Å². The van der Waals surface area contributed by atoms with E-state index < -0.39 is 10.1 Å². The Labute approximate surface area is 161 Å². The summed E-state index contributed by atoms with van der Waals surface area (Å²) in [7, 11) is -4.55. The molecule has 0 spiro atoms. The van der Waals surface area contributed by atoms with Crippen LogP contribution < -0.4 is 64.2 Å². The number of aromatic nitrogens is 2. The van der Waals surface area contributed by atoms with Crippen LogP contribution in [-0.2, 0) is 10.1 Å². The van der Waals surface area contributed by atoms with Crippen molar-refractivity contribution in [3.05, 3.63) is 35.5 Å². The molecule has 1 heterocycles. The van der Waals surface area contributed by atoms with Crippen molar-refractivity contribution in [1.29, 1.82) is 0 Å². The number of hydrogen-bond acceptors (Lipinski definition) is 5. The zero-order chi connectivity index (χ0) is 13.5. The van der Waals surface area contributed by atoms with Gasteiger partial charge in [-0.25, -0.2) is 13.1 Å².